The van der Waals surface area contributed by atoms with Gasteiger partial charge in [0.05, 0.1) is 0 Å². The predicted octanol–water partition coefficient (Wildman–Crippen LogP) is 2.67. The lowest BCUT2D eigenvalue weighted by molar-refractivity contribution is 0.476. The Kier molecular flexibility index (Phi) is 1.86. The van der Waals surface area contributed by atoms with E-state index in [9.17, 15) is 9.50 Å². The molecule has 2 heteroatoms. The number of rotatable bonds is 0. The summed E-state index contributed by atoms with van der Waals surface area (Å²) in [6.45, 7) is 0. The summed E-state index contributed by atoms with van der Waals surface area (Å²) in [6, 6.07) is 7.32. The van der Waals surface area contributed by atoms with Crippen LogP contribution in [0.4, 0.5) is 4.39 Å². The van der Waals surface area contributed by atoms with Crippen LogP contribution in [0.2, 0.25) is 0 Å². The molecule has 0 aliphatic rings. The summed E-state index contributed by atoms with van der Waals surface area (Å²) >= 11 is 0. The molecule has 0 amide bonds. The monoisotopic (exact) mass is 186 g/mol. The van der Waals surface area contributed by atoms with Gasteiger partial charge in [-0.1, -0.05) is 5.92 Å². The third-order valence-electron chi connectivity index (χ3n) is 2.10. The van der Waals surface area contributed by atoms with Crippen LogP contribution >= 0.6 is 0 Å². The fourth-order valence-corrected chi connectivity index (χ4v) is 1.43. The zero-order valence-corrected chi connectivity index (χ0v) is 7.29. The van der Waals surface area contributed by atoms with Gasteiger partial charge in [-0.15, -0.1) is 6.42 Å². The topological polar surface area (TPSA) is 20.2 Å². The van der Waals surface area contributed by atoms with Gasteiger partial charge in [-0.25, -0.2) is 4.39 Å². The van der Waals surface area contributed by atoms with E-state index in [2.05, 4.69) is 5.92 Å². The second kappa shape index (κ2) is 3.04. The molecule has 0 fully saturated rings. The number of halogens is 1. The molecule has 1 N–H and O–H groups in total. The lowest BCUT2D eigenvalue weighted by Crippen LogP contribution is -1.83. The van der Waals surface area contributed by atoms with E-state index in [1.807, 2.05) is 0 Å². The Balaban J connectivity index is 2.93. The van der Waals surface area contributed by atoms with Crippen molar-refractivity contribution in [3.05, 3.63) is 41.7 Å². The van der Waals surface area contributed by atoms with E-state index in [1.165, 1.54) is 18.2 Å². The third kappa shape index (κ3) is 1.20. The highest BCUT2D eigenvalue weighted by Crippen LogP contribution is 2.25. The number of benzene rings is 2. The smallest absolute Gasteiger partial charge is 0.131 e. The normalized spacial score (nSPS) is 10.0. The highest BCUT2D eigenvalue weighted by atomic mass is 19.1. The summed E-state index contributed by atoms with van der Waals surface area (Å²) in [5, 5.41) is 10.2. The van der Waals surface area contributed by atoms with Gasteiger partial charge in [0.25, 0.3) is 0 Å². The maximum absolute atomic E-state index is 13.3. The fraction of sp³-hybridized carbons (Fsp3) is 0. The lowest BCUT2D eigenvalue weighted by Gasteiger charge is -2.02. The molecule has 0 unspecified atom stereocenters. The predicted molar refractivity (Wildman–Crippen MR) is 53.5 cm³/mol. The molecule has 2 rings (SSSR count). The van der Waals surface area contributed by atoms with Gasteiger partial charge in [-0.3, -0.25) is 0 Å². The number of fused-ring (bicyclic) bond motifs is 1. The first kappa shape index (κ1) is 8.58. The Morgan fingerprint density at radius 2 is 1.93 bits per heavy atom. The second-order valence-corrected chi connectivity index (χ2v) is 2.97. The fourth-order valence-electron chi connectivity index (χ4n) is 1.43. The maximum Gasteiger partial charge on any atom is 0.131 e. The van der Waals surface area contributed by atoms with Gasteiger partial charge >= 0.3 is 0 Å². The van der Waals surface area contributed by atoms with Gasteiger partial charge in [0, 0.05) is 16.3 Å². The van der Waals surface area contributed by atoms with Crippen molar-refractivity contribution in [2.24, 2.45) is 0 Å². The van der Waals surface area contributed by atoms with Crippen LogP contribution in [0, 0.1) is 18.2 Å². The van der Waals surface area contributed by atoms with Crippen molar-refractivity contribution in [2.75, 3.05) is 0 Å². The van der Waals surface area contributed by atoms with Gasteiger partial charge in [0.1, 0.15) is 11.6 Å². The average Bonchev–Trinajstić information content (AvgIpc) is 2.19. The molecule has 0 spiro atoms. The summed E-state index contributed by atoms with van der Waals surface area (Å²) < 4.78 is 13.3. The first-order valence-electron chi connectivity index (χ1n) is 4.10. The van der Waals surface area contributed by atoms with E-state index in [-0.39, 0.29) is 11.6 Å². The van der Waals surface area contributed by atoms with Gasteiger partial charge in [0.2, 0.25) is 0 Å². The van der Waals surface area contributed by atoms with Gasteiger partial charge in [-0.05, 0) is 30.3 Å². The van der Waals surface area contributed by atoms with Crippen molar-refractivity contribution in [3.8, 4) is 18.1 Å². The van der Waals surface area contributed by atoms with E-state index >= 15 is 0 Å². The van der Waals surface area contributed by atoms with Crippen molar-refractivity contribution in [1.82, 2.24) is 0 Å². The zero-order valence-electron chi connectivity index (χ0n) is 7.29. The van der Waals surface area contributed by atoms with E-state index in [1.54, 1.807) is 12.1 Å². The van der Waals surface area contributed by atoms with Crippen molar-refractivity contribution < 1.29 is 9.50 Å². The lowest BCUT2D eigenvalue weighted by atomic mass is 10.0. The standard InChI is InChI=1S/C12H7FO/c1-2-8-3-6-12(13)11-7-9(14)4-5-10(8)11/h1,3-7,14H. The van der Waals surface area contributed by atoms with Crippen LogP contribution in [0.5, 0.6) is 5.75 Å². The maximum atomic E-state index is 13.3. The van der Waals surface area contributed by atoms with Crippen LogP contribution < -0.4 is 0 Å². The summed E-state index contributed by atoms with van der Waals surface area (Å²) in [6.07, 6.45) is 5.27. The van der Waals surface area contributed by atoms with Crippen LogP contribution in [-0.2, 0) is 0 Å². The average molecular weight is 186 g/mol. The Hall–Kier alpha value is -2.01. The number of phenolic OH excluding ortho intramolecular Hbond substituents is 1. The largest absolute Gasteiger partial charge is 0.508 e. The molecule has 0 heterocycles. The van der Waals surface area contributed by atoms with Crippen LogP contribution in [-0.4, -0.2) is 5.11 Å². The molecule has 0 saturated carbocycles. The SMILES string of the molecule is C#Cc1ccc(F)c2cc(O)ccc12. The van der Waals surface area contributed by atoms with Crippen molar-refractivity contribution in [1.29, 1.82) is 0 Å². The second-order valence-electron chi connectivity index (χ2n) is 2.97. The molecular weight excluding hydrogens is 179 g/mol. The molecular formula is C12H7FO. The molecule has 68 valence electrons. The van der Waals surface area contributed by atoms with E-state index in [0.29, 0.717) is 16.3 Å². The molecule has 14 heavy (non-hydrogen) atoms. The van der Waals surface area contributed by atoms with Crippen molar-refractivity contribution >= 4 is 10.8 Å². The molecule has 1 nitrogen and oxygen atoms in total. The minimum atomic E-state index is -0.380. The molecule has 0 aliphatic carbocycles. The Labute approximate surface area is 80.8 Å². The molecule has 0 radical (unpaired) electrons. The molecule has 0 aromatic heterocycles. The highest BCUT2D eigenvalue weighted by Gasteiger charge is 2.04. The first-order chi connectivity index (χ1) is 6.72. The molecule has 0 saturated heterocycles. The number of hydrogen-bond acceptors (Lipinski definition) is 1. The number of aromatic hydroxyl groups is 1. The minimum Gasteiger partial charge on any atom is -0.508 e. The van der Waals surface area contributed by atoms with Gasteiger partial charge in [-0.2, -0.15) is 0 Å². The zero-order chi connectivity index (χ0) is 10.1. The van der Waals surface area contributed by atoms with Crippen LogP contribution in [0.25, 0.3) is 10.8 Å². The molecule has 2 aromatic rings. The number of terminal acetylenes is 1. The molecule has 0 atom stereocenters. The first-order valence-corrected chi connectivity index (χ1v) is 4.10. The van der Waals surface area contributed by atoms with Crippen LogP contribution in [0.3, 0.4) is 0 Å². The van der Waals surface area contributed by atoms with Crippen molar-refractivity contribution in [3.63, 3.8) is 0 Å². The number of hydrogen-bond donors (Lipinski definition) is 1. The highest BCUT2D eigenvalue weighted by molar-refractivity contribution is 5.89. The molecule has 0 bridgehead atoms. The van der Waals surface area contributed by atoms with E-state index in [0.717, 1.165) is 0 Å². The quantitative estimate of drug-likeness (QED) is 0.627. The van der Waals surface area contributed by atoms with Crippen molar-refractivity contribution in [2.45, 2.75) is 0 Å². The van der Waals surface area contributed by atoms with E-state index in [4.69, 9.17) is 6.42 Å². The van der Waals surface area contributed by atoms with E-state index < -0.39 is 0 Å². The minimum absolute atomic E-state index is 0.0329. The number of phenols is 1. The summed E-state index contributed by atoms with van der Waals surface area (Å²) in [7, 11) is 0. The molecule has 2 aromatic carbocycles. The van der Waals surface area contributed by atoms with Crippen LogP contribution in [0.15, 0.2) is 30.3 Å². The third-order valence-corrected chi connectivity index (χ3v) is 2.10. The summed E-state index contributed by atoms with van der Waals surface area (Å²) in [5.74, 6) is 2.12. The Bertz CT molecular complexity index is 538. The Morgan fingerprint density at radius 1 is 1.14 bits per heavy atom. The Morgan fingerprint density at radius 3 is 2.64 bits per heavy atom. The van der Waals surface area contributed by atoms with Crippen LogP contribution in [0.1, 0.15) is 5.56 Å². The molecule has 0 aliphatic heterocycles. The van der Waals surface area contributed by atoms with Gasteiger partial charge < -0.3 is 5.11 Å². The summed E-state index contributed by atoms with van der Waals surface area (Å²) in [5.41, 5.74) is 0.626. The summed E-state index contributed by atoms with van der Waals surface area (Å²) in [4.78, 5) is 0. The van der Waals surface area contributed by atoms with Gasteiger partial charge in [0.15, 0.2) is 0 Å².